The predicted molar refractivity (Wildman–Crippen MR) is 83.4 cm³/mol. The summed E-state index contributed by atoms with van der Waals surface area (Å²) in [7, 11) is 0. The number of unbranched alkanes of at least 4 members (excludes halogenated alkanes) is 7. The first-order valence-corrected chi connectivity index (χ1v) is 8.71. The number of hydrogen-bond acceptors (Lipinski definition) is 2. The molecule has 1 rings (SSSR count). The average Bonchev–Trinajstić information content (AvgIpc) is 2.62. The summed E-state index contributed by atoms with van der Waals surface area (Å²) in [5.41, 5.74) is 6.16. The molecule has 0 aliphatic heterocycles. The van der Waals surface area contributed by atoms with Crippen LogP contribution in [0.25, 0.3) is 0 Å². The van der Waals surface area contributed by atoms with Crippen LogP contribution < -0.4 is 5.73 Å². The van der Waals surface area contributed by atoms with Gasteiger partial charge in [0.05, 0.1) is 6.10 Å². The summed E-state index contributed by atoms with van der Waals surface area (Å²) >= 11 is 0. The van der Waals surface area contributed by atoms with Gasteiger partial charge in [-0.1, -0.05) is 71.1 Å². The van der Waals surface area contributed by atoms with E-state index in [1.165, 1.54) is 77.0 Å². The van der Waals surface area contributed by atoms with E-state index >= 15 is 0 Å². The first-order valence-electron chi connectivity index (χ1n) is 8.71. The van der Waals surface area contributed by atoms with Crippen molar-refractivity contribution in [3.8, 4) is 0 Å². The maximum absolute atomic E-state index is 6.16. The average molecular weight is 269 g/mol. The number of hydrogen-bond donors (Lipinski definition) is 1. The summed E-state index contributed by atoms with van der Waals surface area (Å²) in [6, 6.07) is 0.288. The van der Waals surface area contributed by atoms with E-state index in [1.807, 2.05) is 0 Å². The van der Waals surface area contributed by atoms with Crippen LogP contribution in [0.1, 0.15) is 90.4 Å². The van der Waals surface area contributed by atoms with E-state index in [0.717, 1.165) is 13.0 Å². The van der Waals surface area contributed by atoms with Crippen LogP contribution in [0.3, 0.4) is 0 Å². The summed E-state index contributed by atoms with van der Waals surface area (Å²) in [4.78, 5) is 0. The second kappa shape index (κ2) is 11.7. The lowest BCUT2D eigenvalue weighted by Crippen LogP contribution is -2.35. The Morgan fingerprint density at radius 3 is 2.21 bits per heavy atom. The molecule has 2 unspecified atom stereocenters. The van der Waals surface area contributed by atoms with E-state index in [4.69, 9.17) is 10.5 Å². The van der Waals surface area contributed by atoms with E-state index < -0.39 is 0 Å². The molecule has 0 bridgehead atoms. The predicted octanol–water partition coefficient (Wildman–Crippen LogP) is 4.80. The molecule has 0 aromatic rings. The monoisotopic (exact) mass is 269 g/mol. The van der Waals surface area contributed by atoms with Gasteiger partial charge in [-0.3, -0.25) is 0 Å². The van der Waals surface area contributed by atoms with Crippen LogP contribution in [0.2, 0.25) is 0 Å². The van der Waals surface area contributed by atoms with Gasteiger partial charge in [-0.25, -0.2) is 0 Å². The van der Waals surface area contributed by atoms with Crippen molar-refractivity contribution in [1.29, 1.82) is 0 Å². The molecule has 1 saturated carbocycles. The number of rotatable bonds is 10. The highest BCUT2D eigenvalue weighted by Crippen LogP contribution is 2.19. The van der Waals surface area contributed by atoms with Crippen LogP contribution in [-0.2, 0) is 4.74 Å². The fraction of sp³-hybridized carbons (Fsp3) is 1.00. The van der Waals surface area contributed by atoms with Crippen LogP contribution in [0.5, 0.6) is 0 Å². The third-order valence-corrected chi connectivity index (χ3v) is 4.33. The van der Waals surface area contributed by atoms with Gasteiger partial charge in [0.25, 0.3) is 0 Å². The molecule has 0 saturated heterocycles. The van der Waals surface area contributed by atoms with E-state index in [0.29, 0.717) is 6.10 Å². The minimum atomic E-state index is 0.288. The molecular weight excluding hydrogens is 234 g/mol. The van der Waals surface area contributed by atoms with Crippen LogP contribution in [0.15, 0.2) is 0 Å². The highest BCUT2D eigenvalue weighted by molar-refractivity contribution is 4.76. The molecule has 2 N–H and O–H groups in total. The van der Waals surface area contributed by atoms with Crippen molar-refractivity contribution in [3.05, 3.63) is 0 Å². The van der Waals surface area contributed by atoms with Gasteiger partial charge < -0.3 is 10.5 Å². The molecule has 19 heavy (non-hydrogen) atoms. The first-order chi connectivity index (χ1) is 9.34. The highest BCUT2D eigenvalue weighted by Gasteiger charge is 2.20. The van der Waals surface area contributed by atoms with Gasteiger partial charge in [0.2, 0.25) is 0 Å². The van der Waals surface area contributed by atoms with E-state index in [2.05, 4.69) is 6.92 Å². The molecule has 1 fully saturated rings. The van der Waals surface area contributed by atoms with Gasteiger partial charge >= 0.3 is 0 Å². The molecule has 0 aromatic carbocycles. The fourth-order valence-electron chi connectivity index (χ4n) is 2.98. The van der Waals surface area contributed by atoms with Crippen molar-refractivity contribution < 1.29 is 4.74 Å². The summed E-state index contributed by atoms with van der Waals surface area (Å²) in [5.74, 6) is 0. The molecule has 0 aromatic heterocycles. The molecule has 114 valence electrons. The Kier molecular flexibility index (Phi) is 10.5. The molecule has 0 radical (unpaired) electrons. The van der Waals surface area contributed by atoms with Crippen LogP contribution in [-0.4, -0.2) is 18.8 Å². The Morgan fingerprint density at radius 1 is 0.842 bits per heavy atom. The SMILES string of the molecule is CCCCCCCCCCOC1CCCCCC1N. The molecule has 0 amide bonds. The molecule has 2 atom stereocenters. The van der Waals surface area contributed by atoms with Crippen LogP contribution in [0, 0.1) is 0 Å². The molecular formula is C17H35NO. The van der Waals surface area contributed by atoms with Gasteiger partial charge in [0.15, 0.2) is 0 Å². The Balaban J connectivity index is 1.89. The molecule has 1 aliphatic carbocycles. The van der Waals surface area contributed by atoms with Gasteiger partial charge in [-0.2, -0.15) is 0 Å². The standard InChI is InChI=1S/C17H35NO/c1-2-3-4-5-6-7-8-12-15-19-17-14-11-9-10-13-16(17)18/h16-17H,2-15,18H2,1H3. The van der Waals surface area contributed by atoms with Gasteiger partial charge in [0, 0.05) is 12.6 Å². The quantitative estimate of drug-likeness (QED) is 0.456. The normalized spacial score (nSPS) is 24.3. The minimum absolute atomic E-state index is 0.288. The van der Waals surface area contributed by atoms with E-state index in [-0.39, 0.29) is 6.04 Å². The third kappa shape index (κ3) is 8.65. The highest BCUT2D eigenvalue weighted by atomic mass is 16.5. The number of ether oxygens (including phenoxy) is 1. The Bertz CT molecular complexity index is 196. The summed E-state index contributed by atoms with van der Waals surface area (Å²) in [6.45, 7) is 3.20. The van der Waals surface area contributed by atoms with Crippen molar-refractivity contribution in [1.82, 2.24) is 0 Å². The Morgan fingerprint density at radius 2 is 1.47 bits per heavy atom. The van der Waals surface area contributed by atoms with Crippen LogP contribution in [0.4, 0.5) is 0 Å². The largest absolute Gasteiger partial charge is 0.377 e. The maximum Gasteiger partial charge on any atom is 0.0725 e. The van der Waals surface area contributed by atoms with Crippen molar-refractivity contribution in [3.63, 3.8) is 0 Å². The zero-order chi connectivity index (χ0) is 13.8. The fourth-order valence-corrected chi connectivity index (χ4v) is 2.98. The second-order valence-corrected chi connectivity index (χ2v) is 6.19. The van der Waals surface area contributed by atoms with E-state index in [9.17, 15) is 0 Å². The summed E-state index contributed by atoms with van der Waals surface area (Å²) in [5, 5.41) is 0. The van der Waals surface area contributed by atoms with Crippen LogP contribution >= 0.6 is 0 Å². The Labute approximate surface area is 120 Å². The first kappa shape index (κ1) is 17.0. The maximum atomic E-state index is 6.16. The number of nitrogens with two attached hydrogens (primary N) is 1. The second-order valence-electron chi connectivity index (χ2n) is 6.19. The molecule has 2 nitrogen and oxygen atoms in total. The summed E-state index contributed by atoms with van der Waals surface area (Å²) < 4.78 is 6.00. The molecule has 0 spiro atoms. The molecule has 0 heterocycles. The van der Waals surface area contributed by atoms with Gasteiger partial charge in [0.1, 0.15) is 0 Å². The Hall–Kier alpha value is -0.0800. The van der Waals surface area contributed by atoms with Crippen molar-refractivity contribution in [2.45, 2.75) is 103 Å². The summed E-state index contributed by atoms with van der Waals surface area (Å²) in [6.07, 6.45) is 17.5. The third-order valence-electron chi connectivity index (χ3n) is 4.33. The zero-order valence-electron chi connectivity index (χ0n) is 13.0. The molecule has 2 heteroatoms. The topological polar surface area (TPSA) is 35.2 Å². The van der Waals surface area contributed by atoms with Gasteiger partial charge in [-0.05, 0) is 19.3 Å². The van der Waals surface area contributed by atoms with E-state index in [1.54, 1.807) is 0 Å². The van der Waals surface area contributed by atoms with Crippen molar-refractivity contribution >= 4 is 0 Å². The smallest absolute Gasteiger partial charge is 0.0725 e. The van der Waals surface area contributed by atoms with Crippen molar-refractivity contribution in [2.24, 2.45) is 5.73 Å². The lowest BCUT2D eigenvalue weighted by molar-refractivity contribution is 0.0290. The minimum Gasteiger partial charge on any atom is -0.377 e. The lowest BCUT2D eigenvalue weighted by Gasteiger charge is -2.21. The zero-order valence-corrected chi connectivity index (χ0v) is 13.0. The lowest BCUT2D eigenvalue weighted by atomic mass is 10.1. The van der Waals surface area contributed by atoms with Crippen molar-refractivity contribution in [2.75, 3.05) is 6.61 Å². The van der Waals surface area contributed by atoms with Gasteiger partial charge in [-0.15, -0.1) is 0 Å². The molecule has 1 aliphatic rings.